The molecule has 0 saturated carbocycles. The third-order valence-electron chi connectivity index (χ3n) is 5.58. The Morgan fingerprint density at radius 1 is 1.00 bits per heavy atom. The highest BCUT2D eigenvalue weighted by Gasteiger charge is 2.80. The quantitative estimate of drug-likeness (QED) is 0.530. The molecule has 30 heavy (non-hydrogen) atoms. The fourth-order valence-corrected chi connectivity index (χ4v) is 4.28. The Labute approximate surface area is 170 Å². The molecule has 1 aliphatic carbocycles. The van der Waals surface area contributed by atoms with Crippen LogP contribution in [0.3, 0.4) is 0 Å². The van der Waals surface area contributed by atoms with E-state index in [9.17, 15) is 31.1 Å². The summed E-state index contributed by atoms with van der Waals surface area (Å²) in [5, 5.41) is 1.74. The highest BCUT2D eigenvalue weighted by Crippen LogP contribution is 2.53. The molecule has 2 aliphatic rings. The number of nitrogens with one attached hydrogen (secondary N) is 1. The van der Waals surface area contributed by atoms with Crippen molar-refractivity contribution < 1.29 is 35.7 Å². The molecular formula is C21H23F6N2O+. The van der Waals surface area contributed by atoms with Gasteiger partial charge in [-0.1, -0.05) is 51.1 Å². The molecule has 0 aromatic heterocycles. The van der Waals surface area contributed by atoms with Crippen LogP contribution in [-0.4, -0.2) is 34.1 Å². The predicted octanol–water partition coefficient (Wildman–Crippen LogP) is 5.12. The van der Waals surface area contributed by atoms with Crippen molar-refractivity contribution in [1.29, 1.82) is 0 Å². The Hall–Kier alpha value is -2.32. The van der Waals surface area contributed by atoms with Crippen LogP contribution in [0.2, 0.25) is 0 Å². The maximum atomic E-state index is 14.1. The van der Waals surface area contributed by atoms with Crippen LogP contribution in [-0.2, 0) is 11.3 Å². The summed E-state index contributed by atoms with van der Waals surface area (Å²) in [7, 11) is 0. The zero-order chi connectivity index (χ0) is 22.5. The van der Waals surface area contributed by atoms with Gasteiger partial charge in [0.15, 0.2) is 5.78 Å². The Bertz CT molecular complexity index is 896. The van der Waals surface area contributed by atoms with Gasteiger partial charge in [-0.3, -0.25) is 10.1 Å². The van der Waals surface area contributed by atoms with Crippen LogP contribution in [0.4, 0.5) is 26.3 Å². The summed E-state index contributed by atoms with van der Waals surface area (Å²) in [6, 6.07) is 8.70. The molecule has 1 aromatic rings. The first-order valence-electron chi connectivity index (χ1n) is 9.59. The third-order valence-corrected chi connectivity index (χ3v) is 5.58. The van der Waals surface area contributed by atoms with Crippen LogP contribution >= 0.6 is 0 Å². The molecule has 1 aromatic carbocycles. The first-order chi connectivity index (χ1) is 13.7. The summed E-state index contributed by atoms with van der Waals surface area (Å²) in [5.41, 5.74) is -5.90. The molecule has 0 spiro atoms. The second kappa shape index (κ2) is 7.13. The number of allylic oxidation sites excluding steroid dienone is 1. The summed E-state index contributed by atoms with van der Waals surface area (Å²) < 4.78 is 86.0. The lowest BCUT2D eigenvalue weighted by Crippen LogP contribution is -2.73. The largest absolute Gasteiger partial charge is 0.446 e. The molecule has 0 amide bonds. The van der Waals surface area contributed by atoms with E-state index in [1.165, 1.54) is 11.5 Å². The first-order valence-corrected chi connectivity index (χ1v) is 9.59. The van der Waals surface area contributed by atoms with Gasteiger partial charge in [-0.05, 0) is 11.0 Å². The van der Waals surface area contributed by atoms with E-state index in [-0.39, 0.29) is 37.3 Å². The maximum Gasteiger partial charge on any atom is 0.446 e. The van der Waals surface area contributed by atoms with E-state index in [1.807, 2.05) is 0 Å². The summed E-state index contributed by atoms with van der Waals surface area (Å²) in [6.07, 6.45) is -12.0. The SMILES string of the molecule is CCC1=[N+](Cc2ccccc2)C2=C(C(=O)CC(C)(C)C2)C(C(F)(F)F)(C(F)(F)F)N1. The number of rotatable bonds is 3. The molecule has 0 saturated heterocycles. The molecule has 1 aliphatic heterocycles. The average molecular weight is 433 g/mol. The fourth-order valence-electron chi connectivity index (χ4n) is 4.28. The van der Waals surface area contributed by atoms with Crippen molar-refractivity contribution >= 4 is 11.6 Å². The highest BCUT2D eigenvalue weighted by atomic mass is 19.4. The number of nitrogens with zero attached hydrogens (tertiary/aromatic N) is 1. The summed E-state index contributed by atoms with van der Waals surface area (Å²) >= 11 is 0. The Morgan fingerprint density at radius 2 is 1.57 bits per heavy atom. The molecule has 0 unspecified atom stereocenters. The minimum absolute atomic E-state index is 0.0605. The van der Waals surface area contributed by atoms with E-state index in [0.29, 0.717) is 5.56 Å². The van der Waals surface area contributed by atoms with Gasteiger partial charge >= 0.3 is 17.9 Å². The molecule has 1 heterocycles. The van der Waals surface area contributed by atoms with Gasteiger partial charge in [0, 0.05) is 19.3 Å². The molecular weight excluding hydrogens is 410 g/mol. The van der Waals surface area contributed by atoms with Crippen molar-refractivity contribution in [3.8, 4) is 0 Å². The van der Waals surface area contributed by atoms with Crippen molar-refractivity contribution in [3.63, 3.8) is 0 Å². The van der Waals surface area contributed by atoms with Gasteiger partial charge in [-0.15, -0.1) is 0 Å². The van der Waals surface area contributed by atoms with Crippen LogP contribution < -0.4 is 5.32 Å². The minimum atomic E-state index is -5.75. The molecule has 164 valence electrons. The van der Waals surface area contributed by atoms with Crippen LogP contribution in [0, 0.1) is 5.41 Å². The minimum Gasteiger partial charge on any atom is -0.294 e. The highest BCUT2D eigenvalue weighted by molar-refractivity contribution is 6.01. The van der Waals surface area contributed by atoms with Gasteiger partial charge in [-0.2, -0.15) is 26.3 Å². The number of benzene rings is 1. The van der Waals surface area contributed by atoms with E-state index < -0.39 is 34.7 Å². The normalized spacial score (nSPS) is 21.4. The number of carbonyl (C=O) groups is 1. The number of hydrogen-bond donors (Lipinski definition) is 1. The number of Topliss-reactive ketones (excluding diaryl/α,β-unsaturated/α-hetero) is 1. The molecule has 0 fully saturated rings. The zero-order valence-electron chi connectivity index (χ0n) is 16.8. The molecule has 0 radical (unpaired) electrons. The van der Waals surface area contributed by atoms with Gasteiger partial charge in [0.1, 0.15) is 17.8 Å². The van der Waals surface area contributed by atoms with Crippen LogP contribution in [0.15, 0.2) is 41.6 Å². The van der Waals surface area contributed by atoms with Gasteiger partial charge in [-0.25, -0.2) is 4.58 Å². The molecule has 1 N–H and O–H groups in total. The number of carbonyl (C=O) groups excluding carboxylic acids is 1. The van der Waals surface area contributed by atoms with E-state index in [1.54, 1.807) is 49.5 Å². The number of halogens is 6. The fraction of sp³-hybridized carbons (Fsp3) is 0.524. The second-order valence-electron chi connectivity index (χ2n) is 8.51. The van der Waals surface area contributed by atoms with Gasteiger partial charge in [0.25, 0.3) is 5.84 Å². The number of amidine groups is 1. The van der Waals surface area contributed by atoms with Crippen molar-refractivity contribution in [3.05, 3.63) is 47.2 Å². The zero-order valence-corrected chi connectivity index (χ0v) is 16.8. The topological polar surface area (TPSA) is 32.1 Å². The molecule has 0 atom stereocenters. The van der Waals surface area contributed by atoms with Crippen LogP contribution in [0.5, 0.6) is 0 Å². The Balaban J connectivity index is 2.33. The van der Waals surface area contributed by atoms with E-state index in [4.69, 9.17) is 0 Å². The lowest BCUT2D eigenvalue weighted by atomic mass is 9.69. The summed E-state index contributed by atoms with van der Waals surface area (Å²) in [4.78, 5) is 12.8. The van der Waals surface area contributed by atoms with Crippen molar-refractivity contribution in [1.82, 2.24) is 5.32 Å². The Kier molecular flexibility index (Phi) is 5.31. The lowest BCUT2D eigenvalue weighted by molar-refractivity contribution is -0.509. The molecule has 9 heteroatoms. The summed E-state index contributed by atoms with van der Waals surface area (Å²) in [5.74, 6) is -1.34. The lowest BCUT2D eigenvalue weighted by Gasteiger charge is -2.43. The van der Waals surface area contributed by atoms with Gasteiger partial charge in [0.05, 0.1) is 0 Å². The second-order valence-corrected chi connectivity index (χ2v) is 8.51. The number of hydrogen-bond acceptors (Lipinski definition) is 2. The van der Waals surface area contributed by atoms with Crippen LogP contribution in [0.25, 0.3) is 0 Å². The van der Waals surface area contributed by atoms with Gasteiger partial charge in [0.2, 0.25) is 0 Å². The first kappa shape index (κ1) is 22.4. The molecule has 0 bridgehead atoms. The van der Waals surface area contributed by atoms with Crippen molar-refractivity contribution in [2.75, 3.05) is 0 Å². The van der Waals surface area contributed by atoms with E-state index in [2.05, 4.69) is 0 Å². The predicted molar refractivity (Wildman–Crippen MR) is 98.7 cm³/mol. The van der Waals surface area contributed by atoms with Crippen molar-refractivity contribution in [2.45, 2.75) is 64.5 Å². The average Bonchev–Trinajstić information content (AvgIpc) is 2.60. The van der Waals surface area contributed by atoms with E-state index >= 15 is 0 Å². The number of alkyl halides is 6. The third kappa shape index (κ3) is 3.52. The summed E-state index contributed by atoms with van der Waals surface area (Å²) in [6.45, 7) is 4.89. The van der Waals surface area contributed by atoms with E-state index in [0.717, 1.165) is 0 Å². The Morgan fingerprint density at radius 3 is 2.07 bits per heavy atom. The molecule has 3 rings (SSSR count). The monoisotopic (exact) mass is 433 g/mol. The number of ketones is 1. The van der Waals surface area contributed by atoms with Gasteiger partial charge < -0.3 is 0 Å². The molecule has 3 nitrogen and oxygen atoms in total. The smallest absolute Gasteiger partial charge is 0.294 e. The standard InChI is InChI=1S/C21H22F6N2O/c1-4-16-28-19(20(22,23)24,21(25,26)27)17-14(10-18(2,3)11-15(17)30)29(16)12-13-8-6-5-7-9-13/h5-9H,4,10-12H2,1-3H3/p+1. The van der Waals surface area contributed by atoms with Crippen LogP contribution in [0.1, 0.15) is 45.6 Å². The maximum absolute atomic E-state index is 14.1. The van der Waals surface area contributed by atoms with Crippen molar-refractivity contribution in [2.24, 2.45) is 5.41 Å².